The Morgan fingerprint density at radius 1 is 1.00 bits per heavy atom. The van der Waals surface area contributed by atoms with Crippen molar-refractivity contribution >= 4 is 6.29 Å². The van der Waals surface area contributed by atoms with E-state index in [0.29, 0.717) is 17.4 Å². The molecule has 0 amide bonds. The molecule has 0 fully saturated rings. The van der Waals surface area contributed by atoms with Crippen molar-refractivity contribution in [2.45, 2.75) is 6.36 Å². The van der Waals surface area contributed by atoms with Crippen LogP contribution < -0.4 is 4.74 Å². The molecule has 0 bridgehead atoms. The van der Waals surface area contributed by atoms with Crippen molar-refractivity contribution in [3.05, 3.63) is 53.8 Å². The van der Waals surface area contributed by atoms with Crippen LogP contribution in [0.2, 0.25) is 0 Å². The Hall–Kier alpha value is -2.37. The lowest BCUT2D eigenvalue weighted by atomic mass is 10.0. The molecule has 0 aliphatic heterocycles. The number of rotatable bonds is 3. The van der Waals surface area contributed by atoms with Crippen LogP contribution >= 0.6 is 0 Å². The molecule has 2 nitrogen and oxygen atoms in total. The van der Waals surface area contributed by atoms with Crippen LogP contribution in [0.15, 0.2) is 42.5 Å². The number of halogens is 4. The molecular weight excluding hydrogens is 276 g/mol. The van der Waals surface area contributed by atoms with Crippen LogP contribution in [0, 0.1) is 5.82 Å². The lowest BCUT2D eigenvalue weighted by Crippen LogP contribution is -2.16. The second-order valence-electron chi connectivity index (χ2n) is 3.92. The van der Waals surface area contributed by atoms with Crippen LogP contribution in [0.4, 0.5) is 17.6 Å². The van der Waals surface area contributed by atoms with E-state index in [1.54, 1.807) is 0 Å². The maximum Gasteiger partial charge on any atom is 0.573 e. The highest BCUT2D eigenvalue weighted by Crippen LogP contribution is 2.28. The van der Waals surface area contributed by atoms with Crippen LogP contribution in [0.3, 0.4) is 0 Å². The van der Waals surface area contributed by atoms with Gasteiger partial charge in [-0.05, 0) is 35.4 Å². The van der Waals surface area contributed by atoms with Gasteiger partial charge in [0.05, 0.1) is 0 Å². The average molecular weight is 284 g/mol. The fourth-order valence-corrected chi connectivity index (χ4v) is 1.73. The second kappa shape index (κ2) is 5.32. The molecule has 0 aromatic heterocycles. The molecule has 0 saturated carbocycles. The quantitative estimate of drug-likeness (QED) is 0.623. The Bertz CT molecular complexity index is 618. The molecule has 0 aliphatic carbocycles. The van der Waals surface area contributed by atoms with Crippen LogP contribution in [-0.4, -0.2) is 12.6 Å². The number of hydrogen-bond donors (Lipinski definition) is 0. The van der Waals surface area contributed by atoms with Gasteiger partial charge in [-0.1, -0.05) is 18.2 Å². The summed E-state index contributed by atoms with van der Waals surface area (Å²) < 4.78 is 52.8. The van der Waals surface area contributed by atoms with E-state index in [1.807, 2.05) is 0 Å². The van der Waals surface area contributed by atoms with E-state index < -0.39 is 12.2 Å². The van der Waals surface area contributed by atoms with Gasteiger partial charge in [0.2, 0.25) is 0 Å². The molecule has 20 heavy (non-hydrogen) atoms. The Kier molecular flexibility index (Phi) is 3.74. The first-order valence-corrected chi connectivity index (χ1v) is 5.50. The molecule has 6 heteroatoms. The summed E-state index contributed by atoms with van der Waals surface area (Å²) in [6, 6.07) is 8.59. The smallest absolute Gasteiger partial charge is 0.406 e. The topological polar surface area (TPSA) is 26.3 Å². The highest BCUT2D eigenvalue weighted by molar-refractivity contribution is 5.87. The zero-order valence-corrected chi connectivity index (χ0v) is 9.95. The van der Waals surface area contributed by atoms with E-state index in [0.717, 1.165) is 18.2 Å². The summed E-state index contributed by atoms with van der Waals surface area (Å²) in [5.41, 5.74) is 1.04. The zero-order chi connectivity index (χ0) is 14.8. The maximum atomic E-state index is 13.0. The summed E-state index contributed by atoms with van der Waals surface area (Å²) in [6.45, 7) is 0. The van der Waals surface area contributed by atoms with Crippen LogP contribution in [-0.2, 0) is 0 Å². The lowest BCUT2D eigenvalue weighted by molar-refractivity contribution is -0.274. The number of alkyl halides is 3. The maximum absolute atomic E-state index is 13.0. The molecule has 2 aromatic rings. The van der Waals surface area contributed by atoms with Gasteiger partial charge >= 0.3 is 6.36 Å². The van der Waals surface area contributed by atoms with Crippen molar-refractivity contribution in [1.29, 1.82) is 0 Å². The molecule has 0 radical (unpaired) electrons. The summed E-state index contributed by atoms with van der Waals surface area (Å²) in [5.74, 6) is -0.927. The average Bonchev–Trinajstić information content (AvgIpc) is 2.38. The Morgan fingerprint density at radius 3 is 2.20 bits per heavy atom. The third kappa shape index (κ3) is 3.34. The lowest BCUT2D eigenvalue weighted by Gasteiger charge is -2.10. The van der Waals surface area contributed by atoms with E-state index in [2.05, 4.69) is 4.74 Å². The highest BCUT2D eigenvalue weighted by atomic mass is 19.4. The minimum atomic E-state index is -4.76. The predicted molar refractivity (Wildman–Crippen MR) is 63.9 cm³/mol. The molecule has 0 heterocycles. The van der Waals surface area contributed by atoms with Gasteiger partial charge in [-0.3, -0.25) is 4.79 Å². The molecular formula is C14H8F4O2. The van der Waals surface area contributed by atoms with E-state index in [1.165, 1.54) is 24.3 Å². The first kappa shape index (κ1) is 14.0. The van der Waals surface area contributed by atoms with Crippen molar-refractivity contribution in [2.24, 2.45) is 0 Å². The zero-order valence-electron chi connectivity index (χ0n) is 9.95. The summed E-state index contributed by atoms with van der Waals surface area (Å²) in [6.07, 6.45) is -4.27. The standard InChI is InChI=1S/C14H8F4O2/c15-11-3-6-13(10(7-11)8-19)9-1-4-12(5-2-9)20-14(16,17)18/h1-8H. The summed E-state index contributed by atoms with van der Waals surface area (Å²) in [5, 5.41) is 0. The first-order chi connectivity index (χ1) is 9.39. The second-order valence-corrected chi connectivity index (χ2v) is 3.92. The number of hydrogen-bond acceptors (Lipinski definition) is 2. The van der Waals surface area contributed by atoms with Crippen LogP contribution in [0.25, 0.3) is 11.1 Å². The van der Waals surface area contributed by atoms with Crippen molar-refractivity contribution in [3.63, 3.8) is 0 Å². The Balaban J connectivity index is 2.33. The monoisotopic (exact) mass is 284 g/mol. The van der Waals surface area contributed by atoms with Gasteiger partial charge in [-0.2, -0.15) is 0 Å². The molecule has 2 aromatic carbocycles. The minimum absolute atomic E-state index is 0.120. The van der Waals surface area contributed by atoms with Crippen molar-refractivity contribution in [2.75, 3.05) is 0 Å². The SMILES string of the molecule is O=Cc1cc(F)ccc1-c1ccc(OC(F)(F)F)cc1. The predicted octanol–water partition coefficient (Wildman–Crippen LogP) is 4.20. The molecule has 0 aliphatic rings. The van der Waals surface area contributed by atoms with E-state index in [-0.39, 0.29) is 11.3 Å². The van der Waals surface area contributed by atoms with Gasteiger partial charge < -0.3 is 4.74 Å². The molecule has 0 unspecified atom stereocenters. The normalized spacial score (nSPS) is 11.2. The van der Waals surface area contributed by atoms with Crippen molar-refractivity contribution in [1.82, 2.24) is 0 Å². The Morgan fingerprint density at radius 2 is 1.65 bits per heavy atom. The third-order valence-corrected chi connectivity index (χ3v) is 2.54. The summed E-state index contributed by atoms with van der Waals surface area (Å²) in [4.78, 5) is 10.9. The van der Waals surface area contributed by atoms with E-state index >= 15 is 0 Å². The van der Waals surface area contributed by atoms with Crippen molar-refractivity contribution < 1.29 is 27.1 Å². The number of benzene rings is 2. The number of carbonyl (C=O) groups is 1. The first-order valence-electron chi connectivity index (χ1n) is 5.50. The summed E-state index contributed by atoms with van der Waals surface area (Å²) >= 11 is 0. The fourth-order valence-electron chi connectivity index (χ4n) is 1.73. The molecule has 0 N–H and O–H groups in total. The molecule has 0 saturated heterocycles. The number of carbonyl (C=O) groups excluding carboxylic acids is 1. The van der Waals surface area contributed by atoms with Crippen LogP contribution in [0.5, 0.6) is 5.75 Å². The van der Waals surface area contributed by atoms with Gasteiger partial charge in [0.1, 0.15) is 11.6 Å². The third-order valence-electron chi connectivity index (χ3n) is 2.54. The van der Waals surface area contributed by atoms with Crippen molar-refractivity contribution in [3.8, 4) is 16.9 Å². The number of aldehydes is 1. The fraction of sp³-hybridized carbons (Fsp3) is 0.0714. The van der Waals surface area contributed by atoms with Gasteiger partial charge in [-0.25, -0.2) is 4.39 Å². The Labute approximate surface area is 111 Å². The van der Waals surface area contributed by atoms with Gasteiger partial charge in [0.15, 0.2) is 6.29 Å². The molecule has 0 spiro atoms. The summed E-state index contributed by atoms with van der Waals surface area (Å²) in [7, 11) is 0. The van der Waals surface area contributed by atoms with Gasteiger partial charge in [0.25, 0.3) is 0 Å². The van der Waals surface area contributed by atoms with E-state index in [9.17, 15) is 22.4 Å². The molecule has 2 rings (SSSR count). The molecule has 0 atom stereocenters. The minimum Gasteiger partial charge on any atom is -0.406 e. The van der Waals surface area contributed by atoms with Crippen LogP contribution in [0.1, 0.15) is 10.4 Å². The highest BCUT2D eigenvalue weighted by Gasteiger charge is 2.30. The number of ether oxygens (including phenoxy) is 1. The molecule has 104 valence electrons. The van der Waals surface area contributed by atoms with Gasteiger partial charge in [-0.15, -0.1) is 13.2 Å². The van der Waals surface area contributed by atoms with E-state index in [4.69, 9.17) is 0 Å². The van der Waals surface area contributed by atoms with Gasteiger partial charge in [0, 0.05) is 5.56 Å². The largest absolute Gasteiger partial charge is 0.573 e.